The summed E-state index contributed by atoms with van der Waals surface area (Å²) in [5.41, 5.74) is 6.66. The van der Waals surface area contributed by atoms with Gasteiger partial charge in [0.15, 0.2) is 23.4 Å². The molecule has 1 aliphatic carbocycles. The van der Waals surface area contributed by atoms with Gasteiger partial charge in [-0.3, -0.25) is 0 Å². The predicted octanol–water partition coefficient (Wildman–Crippen LogP) is 3.95. The molecule has 164 valence electrons. The monoisotopic (exact) mass is 456 g/mol. The van der Waals surface area contributed by atoms with Gasteiger partial charge in [-0.2, -0.15) is 9.97 Å². The van der Waals surface area contributed by atoms with E-state index in [1.54, 1.807) is 6.33 Å². The van der Waals surface area contributed by atoms with Crippen molar-refractivity contribution in [2.45, 2.75) is 65.1 Å². The number of aromatic nitrogens is 4. The van der Waals surface area contributed by atoms with E-state index in [1.165, 1.54) is 0 Å². The standard InChI is InChI=1S/C19H28ClN5O4P/c1-6-19(8-30(26)27-7-2)10(3)12(13-14(19)29-18(4,5)28-13)25-9-22-11-15(21)23-17(20)24-16(11)25/h9-10,12-14H,6-8H2,1-5H3,(H2,21,23,24)/q+1/t10-,12-,13+,14+,19+/m1/s1. The van der Waals surface area contributed by atoms with Gasteiger partial charge in [0.1, 0.15) is 11.6 Å². The zero-order valence-electron chi connectivity index (χ0n) is 17.8. The van der Waals surface area contributed by atoms with Crippen molar-refractivity contribution in [1.29, 1.82) is 0 Å². The summed E-state index contributed by atoms with van der Waals surface area (Å²) in [6, 6.07) is -0.155. The second-order valence-corrected chi connectivity index (χ2v) is 10.1. The van der Waals surface area contributed by atoms with E-state index < -0.39 is 19.2 Å². The van der Waals surface area contributed by atoms with Crippen LogP contribution >= 0.6 is 19.6 Å². The minimum absolute atomic E-state index is 0.0420. The van der Waals surface area contributed by atoms with Crippen LogP contribution in [0.25, 0.3) is 11.2 Å². The second kappa shape index (κ2) is 7.64. The van der Waals surface area contributed by atoms with Gasteiger partial charge < -0.3 is 19.8 Å². The molecule has 9 nitrogen and oxygen atoms in total. The Morgan fingerprint density at radius 2 is 2.07 bits per heavy atom. The third-order valence-corrected chi connectivity index (χ3v) is 8.11. The van der Waals surface area contributed by atoms with Gasteiger partial charge in [-0.1, -0.05) is 13.8 Å². The zero-order chi connectivity index (χ0) is 21.8. The summed E-state index contributed by atoms with van der Waals surface area (Å²) in [5.74, 6) is -0.482. The van der Waals surface area contributed by atoms with Gasteiger partial charge in [0.25, 0.3) is 0 Å². The number of imidazole rings is 1. The van der Waals surface area contributed by atoms with Crippen molar-refractivity contribution in [3.05, 3.63) is 11.6 Å². The summed E-state index contributed by atoms with van der Waals surface area (Å²) in [5, 5.41) is 0.0639. The lowest BCUT2D eigenvalue weighted by Crippen LogP contribution is -2.41. The van der Waals surface area contributed by atoms with E-state index in [-0.39, 0.29) is 35.3 Å². The fourth-order valence-corrected chi connectivity index (χ4v) is 6.92. The molecular weight excluding hydrogens is 429 g/mol. The van der Waals surface area contributed by atoms with Gasteiger partial charge in [-0.15, -0.1) is 4.52 Å². The van der Waals surface area contributed by atoms with Crippen molar-refractivity contribution in [3.63, 3.8) is 0 Å². The quantitative estimate of drug-likeness (QED) is 0.513. The largest absolute Gasteiger partial charge is 0.508 e. The van der Waals surface area contributed by atoms with Crippen molar-refractivity contribution >= 4 is 36.6 Å². The normalized spacial score (nSPS) is 33.2. The second-order valence-electron chi connectivity index (χ2n) is 8.50. The average Bonchev–Trinajstić information content (AvgIpc) is 3.26. The van der Waals surface area contributed by atoms with E-state index in [9.17, 15) is 4.57 Å². The Kier molecular flexibility index (Phi) is 5.56. The Bertz CT molecular complexity index is 985. The number of halogens is 1. The molecule has 0 radical (unpaired) electrons. The third kappa shape index (κ3) is 3.31. The van der Waals surface area contributed by atoms with Gasteiger partial charge in [0.2, 0.25) is 5.28 Å². The van der Waals surface area contributed by atoms with Crippen LogP contribution in [-0.2, 0) is 18.6 Å². The maximum Gasteiger partial charge on any atom is 0.508 e. The maximum absolute atomic E-state index is 12.7. The van der Waals surface area contributed by atoms with Crippen LogP contribution in [0.1, 0.15) is 47.1 Å². The molecule has 0 amide bonds. The molecule has 1 saturated heterocycles. The highest BCUT2D eigenvalue weighted by atomic mass is 35.5. The first-order valence-corrected chi connectivity index (χ1v) is 12.0. The molecule has 1 aliphatic heterocycles. The summed E-state index contributed by atoms with van der Waals surface area (Å²) in [6.45, 7) is 10.3. The average molecular weight is 457 g/mol. The minimum Gasteiger partial charge on any atom is -0.382 e. The molecule has 4 rings (SSSR count). The Hall–Kier alpha value is -1.38. The summed E-state index contributed by atoms with van der Waals surface area (Å²) in [4.78, 5) is 12.8. The van der Waals surface area contributed by atoms with Crippen LogP contribution in [0, 0.1) is 11.3 Å². The molecule has 0 spiro atoms. The molecule has 30 heavy (non-hydrogen) atoms. The van der Waals surface area contributed by atoms with E-state index in [1.807, 2.05) is 25.3 Å². The van der Waals surface area contributed by atoms with Crippen molar-refractivity contribution in [1.82, 2.24) is 19.5 Å². The lowest BCUT2D eigenvalue weighted by Gasteiger charge is -2.35. The zero-order valence-corrected chi connectivity index (χ0v) is 19.5. The van der Waals surface area contributed by atoms with Crippen LogP contribution in [0.2, 0.25) is 5.28 Å². The van der Waals surface area contributed by atoms with Crippen LogP contribution < -0.4 is 5.73 Å². The molecule has 2 fully saturated rings. The molecule has 1 unspecified atom stereocenters. The first-order valence-electron chi connectivity index (χ1n) is 10.2. The van der Waals surface area contributed by atoms with Gasteiger partial charge in [-0.05, 0) is 49.3 Å². The lowest BCUT2D eigenvalue weighted by atomic mass is 9.75. The number of nitrogens with two attached hydrogens (primary N) is 1. The maximum atomic E-state index is 12.7. The predicted molar refractivity (Wildman–Crippen MR) is 114 cm³/mol. The molecule has 2 aromatic heterocycles. The van der Waals surface area contributed by atoms with Gasteiger partial charge in [0.05, 0.1) is 30.5 Å². The minimum atomic E-state index is -1.83. The number of rotatable bonds is 6. The molecule has 0 bridgehead atoms. The van der Waals surface area contributed by atoms with Gasteiger partial charge in [-0.25, -0.2) is 4.98 Å². The number of ether oxygens (including phenoxy) is 2. The first-order chi connectivity index (χ1) is 14.1. The van der Waals surface area contributed by atoms with Crippen molar-refractivity contribution in [3.8, 4) is 0 Å². The van der Waals surface area contributed by atoms with E-state index in [0.29, 0.717) is 23.9 Å². The first kappa shape index (κ1) is 21.8. The highest BCUT2D eigenvalue weighted by molar-refractivity contribution is 7.39. The molecule has 11 heteroatoms. The number of nitrogen functional groups attached to an aromatic ring is 1. The Balaban J connectivity index is 1.84. The third-order valence-electron chi connectivity index (χ3n) is 6.55. The van der Waals surface area contributed by atoms with Crippen LogP contribution in [0.15, 0.2) is 6.33 Å². The number of anilines is 1. The molecule has 0 aromatic carbocycles. The molecule has 6 atom stereocenters. The fourth-order valence-electron chi connectivity index (χ4n) is 5.19. The Morgan fingerprint density at radius 1 is 1.33 bits per heavy atom. The summed E-state index contributed by atoms with van der Waals surface area (Å²) in [7, 11) is -1.83. The highest BCUT2D eigenvalue weighted by Gasteiger charge is 2.67. The summed E-state index contributed by atoms with van der Waals surface area (Å²) < 4.78 is 32.9. The van der Waals surface area contributed by atoms with E-state index in [4.69, 9.17) is 31.3 Å². The number of hydrogen-bond acceptors (Lipinski definition) is 8. The van der Waals surface area contributed by atoms with Crippen molar-refractivity contribution in [2.24, 2.45) is 11.3 Å². The van der Waals surface area contributed by atoms with Crippen LogP contribution in [0.4, 0.5) is 5.82 Å². The van der Waals surface area contributed by atoms with Gasteiger partial charge in [0, 0.05) is 0 Å². The molecule has 2 N–H and O–H groups in total. The molecule has 3 heterocycles. The topological polar surface area (TPSA) is 114 Å². The van der Waals surface area contributed by atoms with Gasteiger partial charge >= 0.3 is 8.03 Å². The van der Waals surface area contributed by atoms with E-state index in [2.05, 4.69) is 28.8 Å². The van der Waals surface area contributed by atoms with Crippen molar-refractivity contribution < 1.29 is 18.6 Å². The number of nitrogens with zero attached hydrogens (tertiary/aromatic N) is 4. The van der Waals surface area contributed by atoms with E-state index in [0.717, 1.165) is 6.42 Å². The SMILES string of the molecule is CCO[P+](=O)C[C@@]1(CC)[C@H](C)[C@@H](n2cnc3c(N)nc(Cl)nc32)[C@@H]2OC(C)(C)O[C@@H]21. The highest BCUT2D eigenvalue weighted by Crippen LogP contribution is 2.61. The molecule has 2 aliphatic rings. The van der Waals surface area contributed by atoms with Crippen LogP contribution in [0.5, 0.6) is 0 Å². The smallest absolute Gasteiger partial charge is 0.382 e. The molecule has 1 saturated carbocycles. The summed E-state index contributed by atoms with van der Waals surface area (Å²) >= 11 is 6.08. The Labute approximate surface area is 181 Å². The Morgan fingerprint density at radius 3 is 2.73 bits per heavy atom. The molecular formula is C19H28ClN5O4P+. The lowest BCUT2D eigenvalue weighted by molar-refractivity contribution is -0.174. The summed E-state index contributed by atoms with van der Waals surface area (Å²) in [6.07, 6.45) is 2.35. The van der Waals surface area contributed by atoms with Crippen LogP contribution in [-0.4, -0.2) is 50.3 Å². The van der Waals surface area contributed by atoms with E-state index >= 15 is 0 Å². The number of fused-ring (bicyclic) bond motifs is 2. The fraction of sp³-hybridized carbons (Fsp3) is 0.737. The van der Waals surface area contributed by atoms with Crippen molar-refractivity contribution in [2.75, 3.05) is 18.5 Å². The number of hydrogen-bond donors (Lipinski definition) is 1. The molecule has 2 aromatic rings. The van der Waals surface area contributed by atoms with Crippen LogP contribution in [0.3, 0.4) is 0 Å².